The van der Waals surface area contributed by atoms with Gasteiger partial charge in [0.25, 0.3) is 0 Å². The van der Waals surface area contributed by atoms with E-state index in [9.17, 15) is 4.79 Å². The fraction of sp³-hybridized carbons (Fsp3) is 0.889. The van der Waals surface area contributed by atoms with Crippen LogP contribution in [0.1, 0.15) is 13.8 Å². The maximum absolute atomic E-state index is 11.4. The lowest BCUT2D eigenvalue weighted by molar-refractivity contribution is 0.196. The molecule has 0 bridgehead atoms. The van der Waals surface area contributed by atoms with E-state index in [2.05, 4.69) is 12.2 Å². The van der Waals surface area contributed by atoms with Crippen LogP contribution in [0, 0.1) is 11.8 Å². The molecular formula is C9H18N2O2. The molecule has 0 spiro atoms. The summed E-state index contributed by atoms with van der Waals surface area (Å²) in [5.74, 6) is 0.662. The first-order valence-corrected chi connectivity index (χ1v) is 4.82. The molecule has 1 aliphatic rings. The van der Waals surface area contributed by atoms with Gasteiger partial charge in [-0.25, -0.2) is 4.79 Å². The van der Waals surface area contributed by atoms with Crippen LogP contribution in [0.3, 0.4) is 0 Å². The molecular weight excluding hydrogens is 168 g/mol. The first-order valence-electron chi connectivity index (χ1n) is 4.82. The predicted octanol–water partition coefficient (Wildman–Crippen LogP) is 0.276. The molecule has 0 radical (unpaired) electrons. The van der Waals surface area contributed by atoms with Gasteiger partial charge in [-0.05, 0) is 12.8 Å². The molecule has 1 rings (SSSR count). The minimum absolute atomic E-state index is 0.00898. The maximum atomic E-state index is 11.4. The molecule has 76 valence electrons. The molecule has 4 nitrogen and oxygen atoms in total. The quantitative estimate of drug-likeness (QED) is 0.650. The molecule has 0 aliphatic carbocycles. The summed E-state index contributed by atoms with van der Waals surface area (Å²) in [6, 6.07) is -0.00898. The molecule has 0 aromatic heterocycles. The number of aliphatic hydroxyl groups excluding tert-OH is 1. The molecule has 1 aliphatic heterocycles. The Morgan fingerprint density at radius 3 is 2.77 bits per heavy atom. The third kappa shape index (κ3) is 2.34. The molecule has 1 fully saturated rings. The summed E-state index contributed by atoms with van der Waals surface area (Å²) in [5, 5.41) is 11.8. The monoisotopic (exact) mass is 186 g/mol. The van der Waals surface area contributed by atoms with Crippen LogP contribution in [0.25, 0.3) is 0 Å². The zero-order chi connectivity index (χ0) is 9.84. The van der Waals surface area contributed by atoms with Crippen molar-refractivity contribution in [2.75, 3.05) is 26.2 Å². The van der Waals surface area contributed by atoms with E-state index >= 15 is 0 Å². The average Bonchev–Trinajstić information content (AvgIpc) is 2.47. The molecule has 0 unspecified atom stereocenters. The summed E-state index contributed by atoms with van der Waals surface area (Å²) in [7, 11) is 0. The Hall–Kier alpha value is -0.770. The van der Waals surface area contributed by atoms with Gasteiger partial charge in [0.1, 0.15) is 0 Å². The van der Waals surface area contributed by atoms with Crippen molar-refractivity contribution in [1.82, 2.24) is 10.2 Å². The lowest BCUT2D eigenvalue weighted by Gasteiger charge is -2.15. The number of rotatable bonds is 2. The van der Waals surface area contributed by atoms with Gasteiger partial charge in [0.15, 0.2) is 0 Å². The van der Waals surface area contributed by atoms with Crippen LogP contribution in [0.2, 0.25) is 0 Å². The largest absolute Gasteiger partial charge is 0.396 e. The third-order valence-electron chi connectivity index (χ3n) is 2.62. The number of carbonyl (C=O) groups excluding carboxylic acids is 1. The van der Waals surface area contributed by atoms with Gasteiger partial charge >= 0.3 is 6.03 Å². The fourth-order valence-corrected chi connectivity index (χ4v) is 1.70. The van der Waals surface area contributed by atoms with Gasteiger partial charge in [-0.3, -0.25) is 0 Å². The lowest BCUT2D eigenvalue weighted by Crippen LogP contribution is -2.38. The number of aliphatic hydroxyl groups is 1. The Morgan fingerprint density at radius 1 is 1.62 bits per heavy atom. The first kappa shape index (κ1) is 10.3. The van der Waals surface area contributed by atoms with E-state index < -0.39 is 0 Å². The smallest absolute Gasteiger partial charge is 0.317 e. The fourth-order valence-electron chi connectivity index (χ4n) is 1.70. The summed E-state index contributed by atoms with van der Waals surface area (Å²) >= 11 is 0. The summed E-state index contributed by atoms with van der Waals surface area (Å²) in [4.78, 5) is 13.2. The van der Waals surface area contributed by atoms with Gasteiger partial charge in [0.2, 0.25) is 0 Å². The molecule has 0 aromatic rings. The lowest BCUT2D eigenvalue weighted by atomic mass is 10.00. The van der Waals surface area contributed by atoms with E-state index in [1.165, 1.54) is 0 Å². The van der Waals surface area contributed by atoms with Crippen LogP contribution < -0.4 is 5.32 Å². The standard InChI is InChI=1S/C9H18N2O2/c1-3-10-9(13)11-4-7(2)8(5-11)6-12/h7-8,12H,3-6H2,1-2H3,(H,10,13)/t7-,8+/m1/s1. The Kier molecular flexibility index (Phi) is 3.54. The number of carbonyl (C=O) groups is 1. The van der Waals surface area contributed by atoms with E-state index in [0.29, 0.717) is 19.0 Å². The van der Waals surface area contributed by atoms with Gasteiger partial charge in [-0.2, -0.15) is 0 Å². The number of likely N-dealkylation sites (tertiary alicyclic amines) is 1. The van der Waals surface area contributed by atoms with Crippen molar-refractivity contribution in [3.63, 3.8) is 0 Å². The molecule has 4 heteroatoms. The van der Waals surface area contributed by atoms with Gasteiger partial charge in [-0.1, -0.05) is 6.92 Å². The molecule has 0 aromatic carbocycles. The number of amides is 2. The van der Waals surface area contributed by atoms with E-state index in [4.69, 9.17) is 5.11 Å². The number of hydrogen-bond acceptors (Lipinski definition) is 2. The van der Waals surface area contributed by atoms with E-state index in [0.717, 1.165) is 6.54 Å². The molecule has 1 saturated heterocycles. The number of urea groups is 1. The summed E-state index contributed by atoms with van der Waals surface area (Å²) in [5.41, 5.74) is 0. The van der Waals surface area contributed by atoms with Crippen molar-refractivity contribution < 1.29 is 9.90 Å². The van der Waals surface area contributed by atoms with E-state index in [1.807, 2.05) is 6.92 Å². The highest BCUT2D eigenvalue weighted by Crippen LogP contribution is 2.21. The molecule has 0 saturated carbocycles. The third-order valence-corrected chi connectivity index (χ3v) is 2.62. The van der Waals surface area contributed by atoms with Crippen molar-refractivity contribution in [3.8, 4) is 0 Å². The Labute approximate surface area is 78.9 Å². The van der Waals surface area contributed by atoms with Crippen LogP contribution in [0.15, 0.2) is 0 Å². The first-order chi connectivity index (χ1) is 6.19. The second-order valence-electron chi connectivity index (χ2n) is 3.66. The Morgan fingerprint density at radius 2 is 2.31 bits per heavy atom. The summed E-state index contributed by atoms with van der Waals surface area (Å²) in [6.07, 6.45) is 0. The Bertz CT molecular complexity index is 184. The number of nitrogens with one attached hydrogen (secondary N) is 1. The highest BCUT2D eigenvalue weighted by Gasteiger charge is 2.31. The predicted molar refractivity (Wildman–Crippen MR) is 50.4 cm³/mol. The molecule has 2 amide bonds. The summed E-state index contributed by atoms with van der Waals surface area (Å²) in [6.45, 7) is 6.26. The van der Waals surface area contributed by atoms with Crippen molar-refractivity contribution in [1.29, 1.82) is 0 Å². The maximum Gasteiger partial charge on any atom is 0.317 e. The normalized spacial score (nSPS) is 27.8. The minimum Gasteiger partial charge on any atom is -0.396 e. The van der Waals surface area contributed by atoms with E-state index in [-0.39, 0.29) is 18.6 Å². The highest BCUT2D eigenvalue weighted by atomic mass is 16.3. The average molecular weight is 186 g/mol. The Balaban J connectivity index is 2.43. The SMILES string of the molecule is CCNC(=O)N1C[C@@H](CO)[C@H](C)C1. The molecule has 2 atom stereocenters. The molecule has 13 heavy (non-hydrogen) atoms. The van der Waals surface area contributed by atoms with Crippen LogP contribution in [-0.2, 0) is 0 Å². The van der Waals surface area contributed by atoms with Crippen LogP contribution in [-0.4, -0.2) is 42.3 Å². The second kappa shape index (κ2) is 4.46. The molecule has 2 N–H and O–H groups in total. The van der Waals surface area contributed by atoms with Gasteiger partial charge in [-0.15, -0.1) is 0 Å². The van der Waals surface area contributed by atoms with Crippen LogP contribution in [0.5, 0.6) is 0 Å². The van der Waals surface area contributed by atoms with Crippen molar-refractivity contribution in [3.05, 3.63) is 0 Å². The summed E-state index contributed by atoms with van der Waals surface area (Å²) < 4.78 is 0. The number of nitrogens with zero attached hydrogens (tertiary/aromatic N) is 1. The van der Waals surface area contributed by atoms with E-state index in [1.54, 1.807) is 4.90 Å². The van der Waals surface area contributed by atoms with Gasteiger partial charge < -0.3 is 15.3 Å². The zero-order valence-electron chi connectivity index (χ0n) is 8.29. The van der Waals surface area contributed by atoms with Crippen molar-refractivity contribution in [2.45, 2.75) is 13.8 Å². The van der Waals surface area contributed by atoms with Crippen molar-refractivity contribution in [2.24, 2.45) is 11.8 Å². The van der Waals surface area contributed by atoms with Gasteiger partial charge in [0.05, 0.1) is 0 Å². The minimum atomic E-state index is -0.00898. The van der Waals surface area contributed by atoms with Crippen LogP contribution >= 0.6 is 0 Å². The number of hydrogen-bond donors (Lipinski definition) is 2. The van der Waals surface area contributed by atoms with Gasteiger partial charge in [0, 0.05) is 32.2 Å². The van der Waals surface area contributed by atoms with Crippen molar-refractivity contribution >= 4 is 6.03 Å². The molecule has 1 heterocycles. The second-order valence-corrected chi connectivity index (χ2v) is 3.66. The highest BCUT2D eigenvalue weighted by molar-refractivity contribution is 5.74. The topological polar surface area (TPSA) is 52.6 Å². The zero-order valence-corrected chi connectivity index (χ0v) is 8.29. The van der Waals surface area contributed by atoms with Crippen LogP contribution in [0.4, 0.5) is 4.79 Å².